The van der Waals surface area contributed by atoms with Gasteiger partial charge in [-0.3, -0.25) is 4.79 Å². The first-order valence-corrected chi connectivity index (χ1v) is 4.42. The molecule has 1 heterocycles. The minimum absolute atomic E-state index is 0.109. The summed E-state index contributed by atoms with van der Waals surface area (Å²) in [5.41, 5.74) is -1.24. The van der Waals surface area contributed by atoms with Crippen molar-refractivity contribution in [2.45, 2.75) is 12.8 Å². The highest BCUT2D eigenvalue weighted by molar-refractivity contribution is 9.10. The highest BCUT2D eigenvalue weighted by Crippen LogP contribution is 2.28. The normalized spacial score (nSPS) is 10.2. The molecule has 0 saturated heterocycles. The Kier molecular flexibility index (Phi) is 3.36. The zero-order valence-corrected chi connectivity index (χ0v) is 8.44. The fourth-order valence-corrected chi connectivity index (χ4v) is 1.58. The number of rotatable bonds is 2. The van der Waals surface area contributed by atoms with E-state index in [1.165, 1.54) is 0 Å². The third-order valence-electron chi connectivity index (χ3n) is 1.66. The van der Waals surface area contributed by atoms with Crippen molar-refractivity contribution in [1.29, 1.82) is 5.26 Å². The molecule has 6 heteroatoms. The van der Waals surface area contributed by atoms with Gasteiger partial charge < -0.3 is 4.98 Å². The van der Waals surface area contributed by atoms with Crippen LogP contribution in [0, 0.1) is 11.3 Å². The van der Waals surface area contributed by atoms with Crippen LogP contribution in [0.4, 0.5) is 8.78 Å². The Bertz CT molecular complexity index is 436. The van der Waals surface area contributed by atoms with Crippen LogP contribution in [0.3, 0.4) is 0 Å². The van der Waals surface area contributed by atoms with Crippen LogP contribution in [0.15, 0.2) is 15.5 Å². The van der Waals surface area contributed by atoms with Crippen LogP contribution in [0.2, 0.25) is 0 Å². The lowest BCUT2D eigenvalue weighted by Crippen LogP contribution is -2.15. The summed E-state index contributed by atoms with van der Waals surface area (Å²) in [5, 5.41) is 8.38. The van der Waals surface area contributed by atoms with E-state index in [1.54, 1.807) is 6.07 Å². The second kappa shape index (κ2) is 4.33. The first-order chi connectivity index (χ1) is 6.57. The average molecular weight is 263 g/mol. The minimum atomic E-state index is -2.77. The van der Waals surface area contributed by atoms with E-state index < -0.39 is 17.5 Å². The third-order valence-corrected chi connectivity index (χ3v) is 2.32. The van der Waals surface area contributed by atoms with Gasteiger partial charge in [0, 0.05) is 21.8 Å². The number of halogens is 3. The molecule has 14 heavy (non-hydrogen) atoms. The number of nitrogens with one attached hydrogen (secondary N) is 1. The standard InChI is InChI=1S/C8H5BrF2N2O/c9-5-3-13-8(14)4(1-2-12)6(5)7(10)11/h3,7H,1H2,(H,13,14). The fourth-order valence-electron chi connectivity index (χ4n) is 1.05. The quantitative estimate of drug-likeness (QED) is 0.888. The fraction of sp³-hybridized carbons (Fsp3) is 0.250. The van der Waals surface area contributed by atoms with Gasteiger partial charge >= 0.3 is 0 Å². The van der Waals surface area contributed by atoms with Gasteiger partial charge in [-0.25, -0.2) is 8.78 Å². The van der Waals surface area contributed by atoms with Crippen LogP contribution < -0.4 is 5.56 Å². The van der Waals surface area contributed by atoms with E-state index in [1.807, 2.05) is 0 Å². The van der Waals surface area contributed by atoms with Crippen LogP contribution in [0.25, 0.3) is 0 Å². The molecule has 0 amide bonds. The number of aromatic amines is 1. The number of hydrogen-bond acceptors (Lipinski definition) is 2. The Balaban J connectivity index is 3.43. The van der Waals surface area contributed by atoms with Crippen LogP contribution in [-0.4, -0.2) is 4.98 Å². The molecule has 1 N–H and O–H groups in total. The summed E-state index contributed by atoms with van der Waals surface area (Å²) in [6.45, 7) is 0. The summed E-state index contributed by atoms with van der Waals surface area (Å²) in [5.74, 6) is 0. The maximum Gasteiger partial charge on any atom is 0.265 e. The van der Waals surface area contributed by atoms with Crippen molar-refractivity contribution in [3.63, 3.8) is 0 Å². The minimum Gasteiger partial charge on any atom is -0.328 e. The average Bonchev–Trinajstić information content (AvgIpc) is 2.11. The smallest absolute Gasteiger partial charge is 0.265 e. The van der Waals surface area contributed by atoms with E-state index in [0.717, 1.165) is 6.20 Å². The SMILES string of the molecule is N#CCc1c(C(F)F)c(Br)c[nH]c1=O. The Labute approximate surface area is 86.5 Å². The van der Waals surface area contributed by atoms with Crippen molar-refractivity contribution < 1.29 is 8.78 Å². The van der Waals surface area contributed by atoms with E-state index in [4.69, 9.17) is 5.26 Å². The molecule has 0 unspecified atom stereocenters. The predicted octanol–water partition coefficient (Wildman–Crippen LogP) is 2.14. The van der Waals surface area contributed by atoms with Crippen molar-refractivity contribution >= 4 is 15.9 Å². The van der Waals surface area contributed by atoms with E-state index in [-0.39, 0.29) is 16.5 Å². The molecule has 74 valence electrons. The topological polar surface area (TPSA) is 56.6 Å². The van der Waals surface area contributed by atoms with Gasteiger partial charge in [-0.15, -0.1) is 0 Å². The molecule has 3 nitrogen and oxygen atoms in total. The summed E-state index contributed by atoms with van der Waals surface area (Å²) in [4.78, 5) is 13.4. The summed E-state index contributed by atoms with van der Waals surface area (Å²) in [6.07, 6.45) is -1.95. The van der Waals surface area contributed by atoms with Gasteiger partial charge in [0.15, 0.2) is 0 Å². The van der Waals surface area contributed by atoms with Gasteiger partial charge in [0.05, 0.1) is 12.5 Å². The largest absolute Gasteiger partial charge is 0.328 e. The molecule has 0 aliphatic heterocycles. The molecule has 1 aromatic rings. The predicted molar refractivity (Wildman–Crippen MR) is 49.0 cm³/mol. The Morgan fingerprint density at radius 1 is 1.64 bits per heavy atom. The van der Waals surface area contributed by atoms with Crippen molar-refractivity contribution in [2.24, 2.45) is 0 Å². The Hall–Kier alpha value is -1.22. The summed E-state index contributed by atoms with van der Waals surface area (Å²) < 4.78 is 25.1. The second-order valence-corrected chi connectivity index (χ2v) is 3.35. The summed E-state index contributed by atoms with van der Waals surface area (Å²) in [6, 6.07) is 1.67. The monoisotopic (exact) mass is 262 g/mol. The summed E-state index contributed by atoms with van der Waals surface area (Å²) in [7, 11) is 0. The molecule has 0 saturated carbocycles. The first kappa shape index (κ1) is 10.9. The van der Waals surface area contributed by atoms with Crippen LogP contribution >= 0.6 is 15.9 Å². The van der Waals surface area contributed by atoms with Gasteiger partial charge in [-0.1, -0.05) is 0 Å². The zero-order chi connectivity index (χ0) is 10.7. The summed E-state index contributed by atoms with van der Waals surface area (Å²) >= 11 is 2.89. The third kappa shape index (κ3) is 1.99. The van der Waals surface area contributed by atoms with E-state index in [0.29, 0.717) is 0 Å². The highest BCUT2D eigenvalue weighted by Gasteiger charge is 2.19. The number of pyridine rings is 1. The number of H-pyrrole nitrogens is 1. The van der Waals surface area contributed by atoms with Crippen molar-refractivity contribution in [2.75, 3.05) is 0 Å². The molecule has 1 aromatic heterocycles. The van der Waals surface area contributed by atoms with Crippen molar-refractivity contribution in [3.8, 4) is 6.07 Å². The molecule has 0 fully saturated rings. The second-order valence-electron chi connectivity index (χ2n) is 2.49. The molecule has 0 aliphatic carbocycles. The van der Waals surface area contributed by atoms with Gasteiger partial charge in [0.2, 0.25) is 0 Å². The van der Waals surface area contributed by atoms with Crippen LogP contribution in [0.1, 0.15) is 17.6 Å². The van der Waals surface area contributed by atoms with Crippen LogP contribution in [0.5, 0.6) is 0 Å². The molecule has 0 aliphatic rings. The Morgan fingerprint density at radius 3 is 2.79 bits per heavy atom. The van der Waals surface area contributed by atoms with Gasteiger partial charge in [-0.05, 0) is 15.9 Å². The maximum atomic E-state index is 12.5. The number of aromatic nitrogens is 1. The zero-order valence-electron chi connectivity index (χ0n) is 6.85. The molecule has 0 spiro atoms. The lowest BCUT2D eigenvalue weighted by atomic mass is 10.1. The lowest BCUT2D eigenvalue weighted by molar-refractivity contribution is 0.149. The molecule has 1 rings (SSSR count). The lowest BCUT2D eigenvalue weighted by Gasteiger charge is -2.06. The molecular weight excluding hydrogens is 258 g/mol. The molecule has 0 radical (unpaired) electrons. The van der Waals surface area contributed by atoms with Gasteiger partial charge in [-0.2, -0.15) is 5.26 Å². The van der Waals surface area contributed by atoms with Crippen molar-refractivity contribution in [1.82, 2.24) is 4.98 Å². The Morgan fingerprint density at radius 2 is 2.29 bits per heavy atom. The van der Waals surface area contributed by atoms with Gasteiger partial charge in [0.25, 0.3) is 12.0 Å². The first-order valence-electron chi connectivity index (χ1n) is 3.63. The number of alkyl halides is 2. The number of nitrogens with zero attached hydrogens (tertiary/aromatic N) is 1. The number of hydrogen-bond donors (Lipinski definition) is 1. The van der Waals surface area contributed by atoms with Crippen LogP contribution in [-0.2, 0) is 6.42 Å². The molecule has 0 atom stereocenters. The van der Waals surface area contributed by atoms with E-state index in [9.17, 15) is 13.6 Å². The molecular formula is C8H5BrF2N2O. The number of nitriles is 1. The van der Waals surface area contributed by atoms with Crippen molar-refractivity contribution in [3.05, 3.63) is 32.2 Å². The molecule has 0 aromatic carbocycles. The van der Waals surface area contributed by atoms with Gasteiger partial charge in [0.1, 0.15) is 0 Å². The maximum absolute atomic E-state index is 12.5. The highest BCUT2D eigenvalue weighted by atomic mass is 79.9. The van der Waals surface area contributed by atoms with E-state index >= 15 is 0 Å². The molecule has 0 bridgehead atoms. The van der Waals surface area contributed by atoms with E-state index in [2.05, 4.69) is 20.9 Å².